The number of amides is 1. The van der Waals surface area contributed by atoms with Crippen molar-refractivity contribution in [2.24, 2.45) is 0 Å². The van der Waals surface area contributed by atoms with Crippen LogP contribution >= 0.6 is 23.4 Å². The maximum Gasteiger partial charge on any atom is 0.226 e. The molecule has 0 saturated heterocycles. The Morgan fingerprint density at radius 3 is 2.70 bits per heavy atom. The maximum atomic E-state index is 12.1. The second kappa shape index (κ2) is 11.2. The fourth-order valence-corrected chi connectivity index (χ4v) is 4.00. The van der Waals surface area contributed by atoms with E-state index in [9.17, 15) is 4.79 Å². The SMILES string of the molecule is CCCCCCn1c(SCCC(=O)Nc2cc(C)on2)nnc1-c1ccc(Cl)cc1. The summed E-state index contributed by atoms with van der Waals surface area (Å²) in [5, 5.41) is 16.8. The summed E-state index contributed by atoms with van der Waals surface area (Å²) < 4.78 is 7.10. The van der Waals surface area contributed by atoms with Gasteiger partial charge in [0.2, 0.25) is 5.91 Å². The van der Waals surface area contributed by atoms with E-state index in [0.29, 0.717) is 28.8 Å². The minimum absolute atomic E-state index is 0.109. The highest BCUT2D eigenvalue weighted by molar-refractivity contribution is 7.99. The summed E-state index contributed by atoms with van der Waals surface area (Å²) in [5.41, 5.74) is 0.980. The van der Waals surface area contributed by atoms with Crippen LogP contribution in [0, 0.1) is 6.92 Å². The molecule has 1 N–H and O–H groups in total. The molecule has 2 heterocycles. The van der Waals surface area contributed by atoms with Gasteiger partial charge in [-0.15, -0.1) is 10.2 Å². The Kier molecular flexibility index (Phi) is 8.33. The second-order valence-electron chi connectivity index (χ2n) is 6.99. The van der Waals surface area contributed by atoms with Gasteiger partial charge in [-0.25, -0.2) is 0 Å². The highest BCUT2D eigenvalue weighted by Gasteiger charge is 2.15. The summed E-state index contributed by atoms with van der Waals surface area (Å²) in [7, 11) is 0. The number of nitrogens with zero attached hydrogens (tertiary/aromatic N) is 4. The summed E-state index contributed by atoms with van der Waals surface area (Å²) >= 11 is 7.56. The number of hydrogen-bond donors (Lipinski definition) is 1. The number of aromatic nitrogens is 4. The molecule has 160 valence electrons. The van der Waals surface area contributed by atoms with E-state index in [1.54, 1.807) is 13.0 Å². The normalized spacial score (nSPS) is 11.0. The average Bonchev–Trinajstić information content (AvgIpc) is 3.32. The van der Waals surface area contributed by atoms with Crippen molar-refractivity contribution >= 4 is 35.1 Å². The third-order valence-electron chi connectivity index (χ3n) is 4.51. The Bertz CT molecular complexity index is 955. The van der Waals surface area contributed by atoms with Gasteiger partial charge in [-0.2, -0.15) is 0 Å². The molecule has 3 rings (SSSR count). The highest BCUT2D eigenvalue weighted by atomic mass is 35.5. The fourth-order valence-electron chi connectivity index (χ4n) is 2.97. The number of unbranched alkanes of at least 4 members (excludes halogenated alkanes) is 3. The summed E-state index contributed by atoms with van der Waals surface area (Å²) in [6, 6.07) is 9.31. The molecule has 1 amide bonds. The van der Waals surface area contributed by atoms with Crippen molar-refractivity contribution in [3.63, 3.8) is 0 Å². The number of halogens is 1. The summed E-state index contributed by atoms with van der Waals surface area (Å²) in [6.07, 6.45) is 4.97. The van der Waals surface area contributed by atoms with Crippen molar-refractivity contribution in [3.8, 4) is 11.4 Å². The number of hydrogen-bond acceptors (Lipinski definition) is 6. The molecule has 30 heavy (non-hydrogen) atoms. The Morgan fingerprint density at radius 1 is 1.20 bits per heavy atom. The molecule has 9 heteroatoms. The Morgan fingerprint density at radius 2 is 2.00 bits per heavy atom. The average molecular weight is 448 g/mol. The van der Waals surface area contributed by atoms with Crippen LogP contribution in [0.5, 0.6) is 0 Å². The van der Waals surface area contributed by atoms with Crippen LogP contribution in [0.2, 0.25) is 5.02 Å². The summed E-state index contributed by atoms with van der Waals surface area (Å²) in [6.45, 7) is 4.83. The predicted octanol–water partition coefficient (Wildman–Crippen LogP) is 5.60. The number of aryl methyl sites for hydroxylation is 1. The first kappa shape index (κ1) is 22.4. The first-order valence-electron chi connectivity index (χ1n) is 10.1. The van der Waals surface area contributed by atoms with Gasteiger partial charge in [0.15, 0.2) is 16.8 Å². The van der Waals surface area contributed by atoms with Gasteiger partial charge in [-0.05, 0) is 37.6 Å². The lowest BCUT2D eigenvalue weighted by molar-refractivity contribution is -0.115. The Balaban J connectivity index is 1.63. The van der Waals surface area contributed by atoms with Crippen molar-refractivity contribution in [3.05, 3.63) is 41.1 Å². The zero-order chi connectivity index (χ0) is 21.3. The molecule has 0 fully saturated rings. The molecule has 0 radical (unpaired) electrons. The van der Waals surface area contributed by atoms with Crippen LogP contribution in [0.15, 0.2) is 40.0 Å². The van der Waals surface area contributed by atoms with Gasteiger partial charge in [0, 0.05) is 35.4 Å². The van der Waals surface area contributed by atoms with E-state index in [1.807, 2.05) is 24.3 Å². The number of nitrogens with one attached hydrogen (secondary N) is 1. The molecular formula is C21H26ClN5O2S. The molecule has 1 aromatic carbocycles. The lowest BCUT2D eigenvalue weighted by Gasteiger charge is -2.10. The van der Waals surface area contributed by atoms with Crippen LogP contribution in [0.25, 0.3) is 11.4 Å². The smallest absolute Gasteiger partial charge is 0.226 e. The van der Waals surface area contributed by atoms with Gasteiger partial charge >= 0.3 is 0 Å². The van der Waals surface area contributed by atoms with Gasteiger partial charge in [-0.3, -0.25) is 4.79 Å². The molecule has 0 spiro atoms. The monoisotopic (exact) mass is 447 g/mol. The molecule has 0 saturated carbocycles. The van der Waals surface area contributed by atoms with Crippen molar-refractivity contribution in [2.45, 2.75) is 57.7 Å². The molecule has 2 aromatic heterocycles. The number of anilines is 1. The minimum Gasteiger partial charge on any atom is -0.360 e. The van der Waals surface area contributed by atoms with Crippen molar-refractivity contribution in [1.29, 1.82) is 0 Å². The fraction of sp³-hybridized carbons (Fsp3) is 0.429. The Labute approximate surface area is 185 Å². The van der Waals surface area contributed by atoms with E-state index in [4.69, 9.17) is 16.1 Å². The third kappa shape index (κ3) is 6.34. The number of rotatable bonds is 11. The third-order valence-corrected chi connectivity index (χ3v) is 5.73. The number of thioether (sulfide) groups is 1. The van der Waals surface area contributed by atoms with Crippen LogP contribution in [0.4, 0.5) is 5.82 Å². The first-order chi connectivity index (χ1) is 14.6. The summed E-state index contributed by atoms with van der Waals surface area (Å²) in [5.74, 6) is 2.41. The number of carbonyl (C=O) groups excluding carboxylic acids is 1. The van der Waals surface area contributed by atoms with Gasteiger partial charge < -0.3 is 14.4 Å². The molecule has 0 aliphatic carbocycles. The van der Waals surface area contributed by atoms with E-state index in [2.05, 4.69) is 32.2 Å². The number of benzene rings is 1. The van der Waals surface area contributed by atoms with Gasteiger partial charge in [0.25, 0.3) is 0 Å². The highest BCUT2D eigenvalue weighted by Crippen LogP contribution is 2.26. The first-order valence-corrected chi connectivity index (χ1v) is 11.5. The minimum atomic E-state index is -0.109. The van der Waals surface area contributed by atoms with E-state index in [0.717, 1.165) is 29.5 Å². The van der Waals surface area contributed by atoms with Crippen molar-refractivity contribution in [1.82, 2.24) is 19.9 Å². The van der Waals surface area contributed by atoms with E-state index < -0.39 is 0 Å². The molecule has 0 atom stereocenters. The summed E-state index contributed by atoms with van der Waals surface area (Å²) in [4.78, 5) is 12.1. The van der Waals surface area contributed by atoms with Crippen molar-refractivity contribution < 1.29 is 9.32 Å². The molecule has 0 bridgehead atoms. The molecule has 0 unspecified atom stereocenters. The topological polar surface area (TPSA) is 85.8 Å². The molecular weight excluding hydrogens is 422 g/mol. The molecule has 0 aliphatic rings. The van der Waals surface area contributed by atoms with Gasteiger partial charge in [-0.1, -0.05) is 54.7 Å². The van der Waals surface area contributed by atoms with Gasteiger partial charge in [0.05, 0.1) is 0 Å². The lowest BCUT2D eigenvalue weighted by Crippen LogP contribution is -2.12. The zero-order valence-corrected chi connectivity index (χ0v) is 18.8. The van der Waals surface area contributed by atoms with E-state index >= 15 is 0 Å². The largest absolute Gasteiger partial charge is 0.360 e. The Hall–Kier alpha value is -2.32. The predicted molar refractivity (Wildman–Crippen MR) is 120 cm³/mol. The van der Waals surface area contributed by atoms with Crippen LogP contribution in [-0.2, 0) is 11.3 Å². The molecule has 0 aliphatic heterocycles. The van der Waals surface area contributed by atoms with E-state index in [-0.39, 0.29) is 5.91 Å². The zero-order valence-electron chi connectivity index (χ0n) is 17.2. The van der Waals surface area contributed by atoms with Crippen LogP contribution < -0.4 is 5.32 Å². The molecule has 3 aromatic rings. The quantitative estimate of drug-likeness (QED) is 0.304. The van der Waals surface area contributed by atoms with Crippen LogP contribution in [0.1, 0.15) is 44.8 Å². The number of carbonyl (C=O) groups is 1. The lowest BCUT2D eigenvalue weighted by atomic mass is 10.2. The van der Waals surface area contributed by atoms with Crippen molar-refractivity contribution in [2.75, 3.05) is 11.1 Å². The van der Waals surface area contributed by atoms with Gasteiger partial charge in [0.1, 0.15) is 5.76 Å². The molecule has 7 nitrogen and oxygen atoms in total. The maximum absolute atomic E-state index is 12.1. The second-order valence-corrected chi connectivity index (χ2v) is 8.49. The van der Waals surface area contributed by atoms with Crippen LogP contribution in [0.3, 0.4) is 0 Å². The van der Waals surface area contributed by atoms with Crippen LogP contribution in [-0.4, -0.2) is 31.6 Å². The standard InChI is InChI=1S/C21H26ClN5O2S/c1-3-4-5-6-12-27-20(16-7-9-17(22)10-8-16)24-25-21(27)30-13-11-19(28)23-18-14-15(2)29-26-18/h7-10,14H,3-6,11-13H2,1-2H3,(H,23,26,28). The van der Waals surface area contributed by atoms with E-state index in [1.165, 1.54) is 31.0 Å².